The fraction of sp³-hybridized carbons (Fsp3) is 0.385. The van der Waals surface area contributed by atoms with Gasteiger partial charge in [0.05, 0.1) is 23.7 Å². The fourth-order valence-corrected chi connectivity index (χ4v) is 4.33. The Morgan fingerprint density at radius 1 is 0.829 bits per heavy atom. The van der Waals surface area contributed by atoms with E-state index in [9.17, 15) is 18.0 Å². The van der Waals surface area contributed by atoms with Gasteiger partial charge in [0.25, 0.3) is 0 Å². The number of carbonyl (C=O) groups is 2. The summed E-state index contributed by atoms with van der Waals surface area (Å²) in [6.45, 7) is 1.84. The first kappa shape index (κ1) is 28.6. The molecule has 35 heavy (non-hydrogen) atoms. The molecule has 0 saturated heterocycles. The van der Waals surface area contributed by atoms with Crippen molar-refractivity contribution in [1.82, 2.24) is 0 Å². The monoisotopic (exact) mass is 566 g/mol. The molecule has 0 fully saturated rings. The molecule has 0 aromatic heterocycles. The number of ether oxygens (including phenoxy) is 3. The Morgan fingerprint density at radius 3 is 2.09 bits per heavy atom. The molecular weight excluding hydrogens is 536 g/mol. The molecule has 2 aromatic rings. The smallest absolute Gasteiger partial charge is 0.462 e. The van der Waals surface area contributed by atoms with E-state index in [2.05, 4.69) is 15.9 Å². The van der Waals surface area contributed by atoms with Gasteiger partial charge in [0, 0.05) is 17.2 Å². The molecule has 0 saturated carbocycles. The first-order chi connectivity index (χ1) is 16.8. The van der Waals surface area contributed by atoms with Gasteiger partial charge in [0.1, 0.15) is 6.61 Å². The summed E-state index contributed by atoms with van der Waals surface area (Å²) in [6, 6.07) is 14.9. The number of hydrogen-bond donors (Lipinski definition) is 0. The SMILES string of the molecule is CCOC(=O)/C(=C(\COC(=O)OCCCCCCBr)c1ccc(S(C)(=O)=O)cc1)c1ccccc1. The normalized spacial score (nSPS) is 12.0. The molecule has 0 aliphatic carbocycles. The van der Waals surface area contributed by atoms with Crippen LogP contribution in [0.1, 0.15) is 43.7 Å². The summed E-state index contributed by atoms with van der Waals surface area (Å²) in [5.41, 5.74) is 1.70. The Kier molecular flexibility index (Phi) is 12.0. The Bertz CT molecular complexity index is 1090. The van der Waals surface area contributed by atoms with Crippen molar-refractivity contribution in [1.29, 1.82) is 0 Å². The highest BCUT2D eigenvalue weighted by Crippen LogP contribution is 2.29. The van der Waals surface area contributed by atoms with Crippen LogP contribution in [-0.4, -0.2) is 51.9 Å². The van der Waals surface area contributed by atoms with E-state index < -0.39 is 22.0 Å². The molecule has 0 heterocycles. The highest BCUT2D eigenvalue weighted by atomic mass is 79.9. The Hall–Kier alpha value is -2.65. The summed E-state index contributed by atoms with van der Waals surface area (Å²) in [4.78, 5) is 25.4. The van der Waals surface area contributed by atoms with Crippen molar-refractivity contribution < 1.29 is 32.2 Å². The van der Waals surface area contributed by atoms with Gasteiger partial charge in [-0.3, -0.25) is 0 Å². The maximum atomic E-state index is 13.0. The van der Waals surface area contributed by atoms with Crippen LogP contribution >= 0.6 is 15.9 Å². The predicted octanol–water partition coefficient (Wildman–Crippen LogP) is 5.67. The van der Waals surface area contributed by atoms with Crippen molar-refractivity contribution in [3.05, 3.63) is 65.7 Å². The first-order valence-electron chi connectivity index (χ1n) is 11.4. The summed E-state index contributed by atoms with van der Waals surface area (Å²) in [6.07, 6.45) is 4.05. The quantitative estimate of drug-likeness (QED) is 0.101. The van der Waals surface area contributed by atoms with Crippen molar-refractivity contribution in [2.75, 3.05) is 31.4 Å². The highest BCUT2D eigenvalue weighted by Gasteiger charge is 2.22. The van der Waals surface area contributed by atoms with E-state index >= 15 is 0 Å². The van der Waals surface area contributed by atoms with E-state index in [1.54, 1.807) is 43.3 Å². The van der Waals surface area contributed by atoms with Crippen LogP contribution in [0.25, 0.3) is 11.1 Å². The number of alkyl halides is 1. The van der Waals surface area contributed by atoms with E-state index in [0.717, 1.165) is 37.3 Å². The molecule has 0 amide bonds. The van der Waals surface area contributed by atoms with Gasteiger partial charge in [-0.05, 0) is 43.0 Å². The molecule has 0 unspecified atom stereocenters. The van der Waals surface area contributed by atoms with E-state index in [0.29, 0.717) is 16.7 Å². The molecule has 0 aliphatic rings. The molecule has 2 rings (SSSR count). The van der Waals surface area contributed by atoms with Crippen LogP contribution in [0.2, 0.25) is 0 Å². The maximum Gasteiger partial charge on any atom is 0.508 e. The number of unbranched alkanes of at least 4 members (excludes halogenated alkanes) is 3. The molecule has 0 radical (unpaired) electrons. The summed E-state index contributed by atoms with van der Waals surface area (Å²) in [5, 5.41) is 0.945. The molecule has 0 aliphatic heterocycles. The minimum Gasteiger partial charge on any atom is -0.462 e. The second-order valence-corrected chi connectivity index (χ2v) is 10.5. The fourth-order valence-electron chi connectivity index (χ4n) is 3.30. The third kappa shape index (κ3) is 9.49. The maximum absolute atomic E-state index is 13.0. The zero-order chi connectivity index (χ0) is 25.7. The van der Waals surface area contributed by atoms with Crippen molar-refractivity contribution in [3.63, 3.8) is 0 Å². The standard InChI is InChI=1S/C26H31BrO7S/c1-3-32-25(28)24(21-11-7-6-8-12-21)23(20-13-15-22(16-14-20)35(2,30)31)19-34-26(29)33-18-10-5-4-9-17-27/h6-8,11-16H,3-5,9-10,17-19H2,1-2H3/b24-23+. The molecule has 0 N–H and O–H groups in total. The van der Waals surface area contributed by atoms with Gasteiger partial charge in [-0.15, -0.1) is 0 Å². The number of halogens is 1. The van der Waals surface area contributed by atoms with Crippen LogP contribution in [0, 0.1) is 0 Å². The van der Waals surface area contributed by atoms with Gasteiger partial charge in [-0.25, -0.2) is 18.0 Å². The van der Waals surface area contributed by atoms with E-state index in [4.69, 9.17) is 14.2 Å². The zero-order valence-corrected chi connectivity index (χ0v) is 22.4. The lowest BCUT2D eigenvalue weighted by Crippen LogP contribution is -2.15. The van der Waals surface area contributed by atoms with E-state index in [1.807, 2.05) is 6.07 Å². The van der Waals surface area contributed by atoms with Gasteiger partial charge in [0.2, 0.25) is 0 Å². The van der Waals surface area contributed by atoms with Crippen molar-refractivity contribution >= 4 is 49.0 Å². The topological polar surface area (TPSA) is 96.0 Å². The van der Waals surface area contributed by atoms with Crippen LogP contribution in [-0.2, 0) is 28.8 Å². The zero-order valence-electron chi connectivity index (χ0n) is 20.0. The first-order valence-corrected chi connectivity index (χ1v) is 14.4. The van der Waals surface area contributed by atoms with Gasteiger partial charge in [-0.1, -0.05) is 71.2 Å². The Labute approximate surface area is 215 Å². The summed E-state index contributed by atoms with van der Waals surface area (Å²) in [5.74, 6) is -0.579. The lowest BCUT2D eigenvalue weighted by molar-refractivity contribution is -0.136. The Balaban J connectivity index is 2.35. The molecule has 7 nitrogen and oxygen atoms in total. The molecule has 0 atom stereocenters. The Morgan fingerprint density at radius 2 is 1.49 bits per heavy atom. The molecule has 190 valence electrons. The molecular formula is C26H31BrO7S. The van der Waals surface area contributed by atoms with E-state index in [1.165, 1.54) is 12.1 Å². The number of sulfone groups is 1. The van der Waals surface area contributed by atoms with Crippen LogP contribution in [0.15, 0.2) is 59.5 Å². The second kappa shape index (κ2) is 14.7. The number of hydrogen-bond acceptors (Lipinski definition) is 7. The number of rotatable bonds is 13. The lowest BCUT2D eigenvalue weighted by atomic mass is 9.95. The largest absolute Gasteiger partial charge is 0.508 e. The average molecular weight is 567 g/mol. The molecule has 0 spiro atoms. The second-order valence-electron chi connectivity index (χ2n) is 7.73. The van der Waals surface area contributed by atoms with Crippen molar-refractivity contribution in [3.8, 4) is 0 Å². The van der Waals surface area contributed by atoms with Gasteiger partial charge in [-0.2, -0.15) is 0 Å². The van der Waals surface area contributed by atoms with Crippen LogP contribution in [0.3, 0.4) is 0 Å². The lowest BCUT2D eigenvalue weighted by Gasteiger charge is -2.16. The van der Waals surface area contributed by atoms with Crippen LogP contribution in [0.4, 0.5) is 4.79 Å². The van der Waals surface area contributed by atoms with Gasteiger partial charge < -0.3 is 14.2 Å². The van der Waals surface area contributed by atoms with Gasteiger partial charge in [0.15, 0.2) is 9.84 Å². The molecule has 2 aromatic carbocycles. The number of benzene rings is 2. The summed E-state index contributed by atoms with van der Waals surface area (Å²) in [7, 11) is -3.40. The number of esters is 1. The summed E-state index contributed by atoms with van der Waals surface area (Å²) >= 11 is 3.38. The molecule has 0 bridgehead atoms. The summed E-state index contributed by atoms with van der Waals surface area (Å²) < 4.78 is 39.6. The average Bonchev–Trinajstić information content (AvgIpc) is 2.84. The molecule has 9 heteroatoms. The highest BCUT2D eigenvalue weighted by molar-refractivity contribution is 9.09. The minimum atomic E-state index is -3.40. The number of carbonyl (C=O) groups excluding carboxylic acids is 2. The van der Waals surface area contributed by atoms with E-state index in [-0.39, 0.29) is 30.3 Å². The minimum absolute atomic E-state index is 0.137. The van der Waals surface area contributed by atoms with Crippen molar-refractivity contribution in [2.45, 2.75) is 37.5 Å². The van der Waals surface area contributed by atoms with Crippen molar-refractivity contribution in [2.24, 2.45) is 0 Å². The van der Waals surface area contributed by atoms with Crippen LogP contribution in [0.5, 0.6) is 0 Å². The third-order valence-corrected chi connectivity index (χ3v) is 6.75. The van der Waals surface area contributed by atoms with Crippen LogP contribution < -0.4 is 0 Å². The predicted molar refractivity (Wildman–Crippen MR) is 139 cm³/mol. The third-order valence-electron chi connectivity index (χ3n) is 5.06. The van der Waals surface area contributed by atoms with Gasteiger partial charge >= 0.3 is 12.1 Å².